The molecule has 2 aliphatic heterocycles. The number of nitrogens with zero attached hydrogens (tertiary/aromatic N) is 1. The Morgan fingerprint density at radius 1 is 1.00 bits per heavy atom. The normalized spacial score (nSPS) is 21.0. The van der Waals surface area contributed by atoms with Gasteiger partial charge in [-0.25, -0.2) is 9.59 Å². The van der Waals surface area contributed by atoms with Crippen LogP contribution in [0, 0.1) is 0 Å². The summed E-state index contributed by atoms with van der Waals surface area (Å²) in [6.45, 7) is 1.12. The van der Waals surface area contributed by atoms with Gasteiger partial charge in [0.25, 0.3) is 0 Å². The Hall–Kier alpha value is -3.39. The molecule has 2 heterocycles. The maximum absolute atomic E-state index is 13.6. The van der Waals surface area contributed by atoms with Crippen molar-refractivity contribution in [1.82, 2.24) is 10.2 Å². The third kappa shape index (κ3) is 4.38. The van der Waals surface area contributed by atoms with E-state index < -0.39 is 23.6 Å². The van der Waals surface area contributed by atoms with Crippen LogP contribution in [0.2, 0.25) is 0 Å². The fourth-order valence-corrected chi connectivity index (χ4v) is 5.65. The molecule has 2 amide bonds. The lowest BCUT2D eigenvalue weighted by molar-refractivity contribution is -0.157. The third-order valence-corrected chi connectivity index (χ3v) is 7.49. The van der Waals surface area contributed by atoms with Crippen molar-refractivity contribution in [1.29, 1.82) is 0 Å². The molecule has 184 valence electrons. The molecule has 1 unspecified atom stereocenters. The van der Waals surface area contributed by atoms with E-state index in [1.165, 1.54) is 4.90 Å². The van der Waals surface area contributed by atoms with E-state index in [2.05, 4.69) is 17.4 Å². The zero-order valence-electron chi connectivity index (χ0n) is 19.6. The topological polar surface area (TPSA) is 105 Å². The van der Waals surface area contributed by atoms with Crippen LogP contribution in [0.1, 0.15) is 49.1 Å². The van der Waals surface area contributed by atoms with Crippen LogP contribution in [0.25, 0.3) is 11.1 Å². The molecule has 0 radical (unpaired) electrons. The second-order valence-electron chi connectivity index (χ2n) is 9.49. The molecule has 8 heteroatoms. The number of nitrogens with one attached hydrogen (secondary N) is 1. The minimum atomic E-state index is -1.23. The number of likely N-dealkylation sites (tertiary alicyclic amines) is 1. The number of rotatable bonds is 5. The summed E-state index contributed by atoms with van der Waals surface area (Å²) in [6.07, 6.45) is 1.80. The summed E-state index contributed by atoms with van der Waals surface area (Å²) in [5.41, 5.74) is 3.26. The summed E-state index contributed by atoms with van der Waals surface area (Å²) < 4.78 is 11.2. The molecule has 2 aromatic carbocycles. The maximum Gasteiger partial charge on any atom is 0.408 e. The quantitative estimate of drug-likeness (QED) is 0.681. The second-order valence-corrected chi connectivity index (χ2v) is 9.49. The SMILES string of the molecule is O=C(NC1(C(=O)N2CCCCC2C(=O)O)CCOCC1)OCC1c2ccccc2-c2ccccc21. The zero-order valence-corrected chi connectivity index (χ0v) is 19.6. The van der Waals surface area contributed by atoms with Gasteiger partial charge in [0.2, 0.25) is 5.91 Å². The average Bonchev–Trinajstić information content (AvgIpc) is 3.21. The summed E-state index contributed by atoms with van der Waals surface area (Å²) in [7, 11) is 0. The van der Waals surface area contributed by atoms with E-state index in [-0.39, 0.29) is 31.3 Å². The minimum absolute atomic E-state index is 0.0898. The van der Waals surface area contributed by atoms with E-state index in [0.717, 1.165) is 35.1 Å². The van der Waals surface area contributed by atoms with Crippen LogP contribution < -0.4 is 5.32 Å². The van der Waals surface area contributed by atoms with Crippen LogP contribution in [-0.2, 0) is 19.1 Å². The van der Waals surface area contributed by atoms with Gasteiger partial charge in [-0.05, 0) is 41.5 Å². The van der Waals surface area contributed by atoms with Gasteiger partial charge in [0, 0.05) is 38.5 Å². The standard InChI is InChI=1S/C27H30N2O6/c30-24(31)23-11-5-6-14-29(23)25(32)27(12-15-34-16-13-27)28-26(33)35-17-22-20-9-3-1-7-18(20)19-8-2-4-10-21(19)22/h1-4,7-10,22-23H,5-6,11-17H2,(H,28,33)(H,30,31). The van der Waals surface area contributed by atoms with Crippen LogP contribution in [0.5, 0.6) is 0 Å². The Labute approximate surface area is 204 Å². The van der Waals surface area contributed by atoms with E-state index >= 15 is 0 Å². The predicted molar refractivity (Wildman–Crippen MR) is 128 cm³/mol. The number of alkyl carbamates (subject to hydrolysis) is 1. The molecule has 0 saturated carbocycles. The molecule has 1 atom stereocenters. The summed E-state index contributed by atoms with van der Waals surface area (Å²) in [6, 6.07) is 15.3. The molecule has 2 aromatic rings. The molecule has 3 aliphatic rings. The van der Waals surface area contributed by atoms with Crippen molar-refractivity contribution in [2.45, 2.75) is 49.6 Å². The van der Waals surface area contributed by atoms with Crippen molar-refractivity contribution in [3.05, 3.63) is 59.7 Å². The highest BCUT2D eigenvalue weighted by atomic mass is 16.5. The van der Waals surface area contributed by atoms with Crippen molar-refractivity contribution in [2.75, 3.05) is 26.4 Å². The number of carboxylic acid groups (broad SMARTS) is 1. The minimum Gasteiger partial charge on any atom is -0.480 e. The van der Waals surface area contributed by atoms with Gasteiger partial charge in [0.05, 0.1) is 0 Å². The summed E-state index contributed by atoms with van der Waals surface area (Å²) in [5.74, 6) is -1.46. The lowest BCUT2D eigenvalue weighted by Crippen LogP contribution is -2.65. The molecule has 0 spiro atoms. The van der Waals surface area contributed by atoms with Crippen LogP contribution >= 0.6 is 0 Å². The van der Waals surface area contributed by atoms with E-state index in [4.69, 9.17) is 9.47 Å². The molecule has 0 bridgehead atoms. The van der Waals surface area contributed by atoms with E-state index in [9.17, 15) is 19.5 Å². The third-order valence-electron chi connectivity index (χ3n) is 7.49. The lowest BCUT2D eigenvalue weighted by atomic mass is 9.86. The number of hydrogen-bond donors (Lipinski definition) is 2. The molecule has 1 aliphatic carbocycles. The number of carbonyl (C=O) groups excluding carboxylic acids is 2. The number of fused-ring (bicyclic) bond motifs is 3. The highest BCUT2D eigenvalue weighted by molar-refractivity contribution is 5.93. The molecular formula is C27H30N2O6. The first-order valence-electron chi connectivity index (χ1n) is 12.2. The maximum atomic E-state index is 13.6. The van der Waals surface area contributed by atoms with Crippen molar-refractivity contribution >= 4 is 18.0 Å². The molecule has 35 heavy (non-hydrogen) atoms. The van der Waals surface area contributed by atoms with Gasteiger partial charge in [-0.3, -0.25) is 4.79 Å². The van der Waals surface area contributed by atoms with Gasteiger partial charge in [0.15, 0.2) is 0 Å². The number of hydrogen-bond acceptors (Lipinski definition) is 5. The number of piperidine rings is 1. The fraction of sp³-hybridized carbons (Fsp3) is 0.444. The van der Waals surface area contributed by atoms with E-state index in [1.54, 1.807) is 0 Å². The van der Waals surface area contributed by atoms with Crippen LogP contribution in [-0.4, -0.2) is 65.9 Å². The molecule has 2 fully saturated rings. The highest BCUT2D eigenvalue weighted by Crippen LogP contribution is 2.44. The van der Waals surface area contributed by atoms with Gasteiger partial charge in [-0.1, -0.05) is 48.5 Å². The van der Waals surface area contributed by atoms with E-state index in [1.807, 2.05) is 36.4 Å². The van der Waals surface area contributed by atoms with Crippen molar-refractivity contribution in [3.8, 4) is 11.1 Å². The second kappa shape index (κ2) is 9.70. The first-order valence-corrected chi connectivity index (χ1v) is 12.2. The molecular weight excluding hydrogens is 448 g/mol. The van der Waals surface area contributed by atoms with Gasteiger partial charge in [-0.15, -0.1) is 0 Å². The van der Waals surface area contributed by atoms with Crippen molar-refractivity contribution in [3.63, 3.8) is 0 Å². The average molecular weight is 479 g/mol. The number of ether oxygens (including phenoxy) is 2. The highest BCUT2D eigenvalue weighted by Gasteiger charge is 2.47. The van der Waals surface area contributed by atoms with Gasteiger partial charge < -0.3 is 24.8 Å². The molecule has 2 saturated heterocycles. The summed E-state index contributed by atoms with van der Waals surface area (Å²) in [4.78, 5) is 39.9. The Morgan fingerprint density at radius 3 is 2.26 bits per heavy atom. The number of benzene rings is 2. The largest absolute Gasteiger partial charge is 0.480 e. The molecule has 2 N–H and O–H groups in total. The number of aliphatic carboxylic acids is 1. The van der Waals surface area contributed by atoms with Crippen LogP contribution in [0.4, 0.5) is 4.79 Å². The first-order chi connectivity index (χ1) is 17.0. The summed E-state index contributed by atoms with van der Waals surface area (Å²) in [5, 5.41) is 12.5. The Bertz CT molecular complexity index is 1080. The molecule has 5 rings (SSSR count). The lowest BCUT2D eigenvalue weighted by Gasteiger charge is -2.43. The van der Waals surface area contributed by atoms with Crippen LogP contribution in [0.15, 0.2) is 48.5 Å². The van der Waals surface area contributed by atoms with E-state index in [0.29, 0.717) is 26.2 Å². The fourth-order valence-electron chi connectivity index (χ4n) is 5.65. The molecule has 0 aromatic heterocycles. The van der Waals surface area contributed by atoms with Crippen molar-refractivity contribution < 1.29 is 29.0 Å². The monoisotopic (exact) mass is 478 g/mol. The zero-order chi connectivity index (χ0) is 24.4. The van der Waals surface area contributed by atoms with Gasteiger partial charge in [0.1, 0.15) is 18.2 Å². The number of carboxylic acids is 1. The van der Waals surface area contributed by atoms with Crippen molar-refractivity contribution in [2.24, 2.45) is 0 Å². The first kappa shape index (κ1) is 23.4. The van der Waals surface area contributed by atoms with Crippen LogP contribution in [0.3, 0.4) is 0 Å². The smallest absolute Gasteiger partial charge is 0.408 e. The Balaban J connectivity index is 1.32. The summed E-state index contributed by atoms with van der Waals surface area (Å²) >= 11 is 0. The Morgan fingerprint density at radius 2 is 1.63 bits per heavy atom. The molecule has 8 nitrogen and oxygen atoms in total. The number of amides is 2. The van der Waals surface area contributed by atoms with Gasteiger partial charge in [-0.2, -0.15) is 0 Å². The number of carbonyl (C=O) groups is 3. The van der Waals surface area contributed by atoms with Gasteiger partial charge >= 0.3 is 12.1 Å². The predicted octanol–water partition coefficient (Wildman–Crippen LogP) is 3.54. The Kier molecular flexibility index (Phi) is 6.47.